The van der Waals surface area contributed by atoms with Gasteiger partial charge < -0.3 is 9.47 Å². The van der Waals surface area contributed by atoms with Crippen molar-refractivity contribution in [3.8, 4) is 5.75 Å². The lowest BCUT2D eigenvalue weighted by molar-refractivity contribution is 0.0325. The van der Waals surface area contributed by atoms with Crippen molar-refractivity contribution in [1.82, 2.24) is 0 Å². The Bertz CT molecular complexity index is 1110. The molecule has 2 nitrogen and oxygen atoms in total. The van der Waals surface area contributed by atoms with Crippen LogP contribution in [0.3, 0.4) is 0 Å². The molecule has 0 unspecified atom stereocenters. The number of hydrogen-bond donors (Lipinski definition) is 0. The molecule has 206 valence electrons. The maximum absolute atomic E-state index is 15.0. The van der Waals surface area contributed by atoms with Crippen LogP contribution in [-0.2, 0) is 4.74 Å². The molecule has 2 fully saturated rings. The molecule has 0 N–H and O–H groups in total. The van der Waals surface area contributed by atoms with Gasteiger partial charge in [0.05, 0.1) is 12.7 Å². The second kappa shape index (κ2) is 13.5. The van der Waals surface area contributed by atoms with Gasteiger partial charge in [0.15, 0.2) is 23.2 Å². The Hall–Kier alpha value is -2.60. The molecule has 0 atom stereocenters. The van der Waals surface area contributed by atoms with Gasteiger partial charge in [-0.2, -0.15) is 4.39 Å². The Morgan fingerprint density at radius 2 is 1.39 bits per heavy atom. The smallest absolute Gasteiger partial charge is 0.200 e. The third-order valence-electron chi connectivity index (χ3n) is 8.07. The van der Waals surface area contributed by atoms with Crippen LogP contribution in [0.25, 0.3) is 6.08 Å². The lowest BCUT2D eigenvalue weighted by Gasteiger charge is -2.29. The van der Waals surface area contributed by atoms with Crippen molar-refractivity contribution >= 4 is 6.08 Å². The van der Waals surface area contributed by atoms with E-state index in [0.29, 0.717) is 37.0 Å². The Morgan fingerprint density at radius 1 is 0.789 bits per heavy atom. The van der Waals surface area contributed by atoms with E-state index in [2.05, 4.69) is 6.58 Å². The van der Waals surface area contributed by atoms with E-state index in [1.807, 2.05) is 13.0 Å². The van der Waals surface area contributed by atoms with Crippen LogP contribution < -0.4 is 4.74 Å². The molecule has 0 spiro atoms. The molecule has 2 aromatic rings. The number of benzene rings is 2. The largest absolute Gasteiger partial charge is 0.490 e. The first-order chi connectivity index (χ1) is 18.4. The van der Waals surface area contributed by atoms with Crippen molar-refractivity contribution < 1.29 is 27.0 Å². The Balaban J connectivity index is 1.34. The molecular formula is C32H38F4O2. The summed E-state index contributed by atoms with van der Waals surface area (Å²) in [7, 11) is 0. The number of halogens is 4. The fourth-order valence-electron chi connectivity index (χ4n) is 5.89. The highest BCUT2D eigenvalue weighted by molar-refractivity contribution is 5.52. The monoisotopic (exact) mass is 530 g/mol. The molecule has 0 aliphatic heterocycles. The third-order valence-corrected chi connectivity index (χ3v) is 8.07. The van der Waals surface area contributed by atoms with Crippen molar-refractivity contribution in [3.63, 3.8) is 0 Å². The van der Waals surface area contributed by atoms with Gasteiger partial charge in [0.25, 0.3) is 0 Å². The maximum atomic E-state index is 15.0. The lowest BCUT2D eigenvalue weighted by Crippen LogP contribution is -2.21. The van der Waals surface area contributed by atoms with Crippen molar-refractivity contribution in [2.24, 2.45) is 5.92 Å². The van der Waals surface area contributed by atoms with Gasteiger partial charge in [-0.15, -0.1) is 6.58 Å². The Kier molecular flexibility index (Phi) is 10.1. The first-order valence-corrected chi connectivity index (χ1v) is 13.9. The van der Waals surface area contributed by atoms with E-state index in [4.69, 9.17) is 9.47 Å². The van der Waals surface area contributed by atoms with Gasteiger partial charge in [0.1, 0.15) is 0 Å². The predicted octanol–water partition coefficient (Wildman–Crippen LogP) is 9.25. The van der Waals surface area contributed by atoms with E-state index in [9.17, 15) is 17.6 Å². The summed E-state index contributed by atoms with van der Waals surface area (Å²) in [4.78, 5) is 0. The number of hydrogen-bond acceptors (Lipinski definition) is 2. The average molecular weight is 531 g/mol. The number of ether oxygens (including phenoxy) is 2. The fraction of sp³-hybridized carbons (Fsp3) is 0.500. The van der Waals surface area contributed by atoms with Crippen molar-refractivity contribution in [2.75, 3.05) is 13.2 Å². The minimum Gasteiger partial charge on any atom is -0.490 e. The van der Waals surface area contributed by atoms with Crippen LogP contribution in [0.5, 0.6) is 5.75 Å². The predicted molar refractivity (Wildman–Crippen MR) is 143 cm³/mol. The zero-order valence-electron chi connectivity index (χ0n) is 22.2. The molecule has 0 saturated heterocycles. The summed E-state index contributed by atoms with van der Waals surface area (Å²) in [5.41, 5.74) is 1.08. The average Bonchev–Trinajstić information content (AvgIpc) is 2.93. The van der Waals surface area contributed by atoms with E-state index in [1.54, 1.807) is 30.4 Å². The first kappa shape index (κ1) is 28.4. The van der Waals surface area contributed by atoms with Gasteiger partial charge in [-0.3, -0.25) is 0 Å². The van der Waals surface area contributed by atoms with Crippen LogP contribution in [0.15, 0.2) is 43.0 Å². The minimum atomic E-state index is -0.947. The van der Waals surface area contributed by atoms with E-state index in [-0.39, 0.29) is 41.8 Å². The molecule has 0 heterocycles. The van der Waals surface area contributed by atoms with Crippen LogP contribution >= 0.6 is 0 Å². The highest BCUT2D eigenvalue weighted by Crippen LogP contribution is 2.40. The Morgan fingerprint density at radius 3 is 2.03 bits per heavy atom. The molecule has 0 radical (unpaired) electrons. The van der Waals surface area contributed by atoms with E-state index in [1.165, 1.54) is 6.07 Å². The van der Waals surface area contributed by atoms with Crippen molar-refractivity contribution in [1.29, 1.82) is 0 Å². The highest BCUT2D eigenvalue weighted by atomic mass is 19.2. The van der Waals surface area contributed by atoms with Gasteiger partial charge in [0, 0.05) is 12.2 Å². The molecule has 4 rings (SSSR count). The normalized spacial score (nSPS) is 24.0. The summed E-state index contributed by atoms with van der Waals surface area (Å²) < 4.78 is 70.1. The molecule has 38 heavy (non-hydrogen) atoms. The van der Waals surface area contributed by atoms with Crippen LogP contribution in [0.4, 0.5) is 17.6 Å². The first-order valence-electron chi connectivity index (χ1n) is 13.9. The van der Waals surface area contributed by atoms with E-state index >= 15 is 0 Å². The summed E-state index contributed by atoms with van der Waals surface area (Å²) >= 11 is 0. The molecule has 2 aliphatic carbocycles. The molecule has 0 amide bonds. The number of allylic oxidation sites excluding steroid dienone is 1. The second-order valence-corrected chi connectivity index (χ2v) is 10.5. The SMILES string of the molecule is C=CCCOc1ccc(C2CCC(/C=C/c3ccc(C4CCC(OCC)CC4)c(F)c3F)CC2)c(F)c1F. The van der Waals surface area contributed by atoms with Crippen molar-refractivity contribution in [2.45, 2.75) is 82.7 Å². The summed E-state index contributed by atoms with van der Waals surface area (Å²) in [5, 5.41) is 0. The standard InChI is InChI=1S/C32H38F4O2/c1-3-5-20-38-28-19-18-27(31(35)32(28)36)22-9-6-21(7-10-22)8-11-24-14-17-26(30(34)29(24)33)23-12-15-25(16-13-23)37-4-2/h3,8,11,14,17-19,21-23,25H,1,4-7,9-10,12-13,15-16,20H2,2H3/b11-8+. The van der Waals surface area contributed by atoms with Gasteiger partial charge in [-0.25, -0.2) is 13.2 Å². The topological polar surface area (TPSA) is 18.5 Å². The highest BCUT2D eigenvalue weighted by Gasteiger charge is 2.28. The fourth-order valence-corrected chi connectivity index (χ4v) is 5.89. The molecule has 2 aliphatic rings. The molecular weight excluding hydrogens is 492 g/mol. The lowest BCUT2D eigenvalue weighted by atomic mass is 9.78. The van der Waals surface area contributed by atoms with E-state index in [0.717, 1.165) is 38.5 Å². The summed E-state index contributed by atoms with van der Waals surface area (Å²) in [6.07, 6.45) is 12.3. The minimum absolute atomic E-state index is 0.0209. The molecule has 0 bridgehead atoms. The van der Waals surface area contributed by atoms with Crippen LogP contribution in [0.2, 0.25) is 0 Å². The van der Waals surface area contributed by atoms with Gasteiger partial charge in [0.2, 0.25) is 5.82 Å². The Labute approximate surface area is 223 Å². The van der Waals surface area contributed by atoms with Crippen LogP contribution in [-0.4, -0.2) is 19.3 Å². The van der Waals surface area contributed by atoms with Crippen LogP contribution in [0, 0.1) is 29.2 Å². The molecule has 2 aromatic carbocycles. The van der Waals surface area contributed by atoms with Gasteiger partial charge in [-0.05, 0) is 99.7 Å². The molecule has 2 saturated carbocycles. The summed E-state index contributed by atoms with van der Waals surface area (Å²) in [6.45, 7) is 6.49. The molecule has 0 aromatic heterocycles. The third kappa shape index (κ3) is 6.69. The quantitative estimate of drug-likeness (QED) is 0.173. The van der Waals surface area contributed by atoms with Crippen molar-refractivity contribution in [3.05, 3.63) is 83.0 Å². The summed E-state index contributed by atoms with van der Waals surface area (Å²) in [6, 6.07) is 6.50. The maximum Gasteiger partial charge on any atom is 0.200 e. The zero-order chi connectivity index (χ0) is 27.1. The van der Waals surface area contributed by atoms with Gasteiger partial charge in [-0.1, -0.05) is 36.4 Å². The summed E-state index contributed by atoms with van der Waals surface area (Å²) in [5.74, 6) is -3.30. The number of rotatable bonds is 10. The van der Waals surface area contributed by atoms with Gasteiger partial charge >= 0.3 is 0 Å². The van der Waals surface area contributed by atoms with Crippen LogP contribution in [0.1, 0.15) is 93.2 Å². The van der Waals surface area contributed by atoms with E-state index < -0.39 is 23.3 Å². The zero-order valence-corrected chi connectivity index (χ0v) is 22.2. The second-order valence-electron chi connectivity index (χ2n) is 10.5. The molecule has 6 heteroatoms.